The maximum Gasteiger partial charge on any atom is 0.243 e. The number of carbonyl (C=O) groups excluding carboxylic acids is 1. The SMILES string of the molecule is CCCCCCC/C=C/C(=O)NCC(C)(C)C. The first-order valence-corrected chi connectivity index (χ1v) is 6.90. The fraction of sp³-hybridized carbons (Fsp3) is 0.800. The summed E-state index contributed by atoms with van der Waals surface area (Å²) >= 11 is 0. The first-order chi connectivity index (χ1) is 7.95. The van der Waals surface area contributed by atoms with Crippen LogP contribution in [0.3, 0.4) is 0 Å². The Morgan fingerprint density at radius 2 is 1.76 bits per heavy atom. The maximum absolute atomic E-state index is 11.4. The van der Waals surface area contributed by atoms with Gasteiger partial charge in [-0.3, -0.25) is 4.79 Å². The van der Waals surface area contributed by atoms with Crippen molar-refractivity contribution in [1.29, 1.82) is 0 Å². The second kappa shape index (κ2) is 9.26. The largest absolute Gasteiger partial charge is 0.352 e. The minimum Gasteiger partial charge on any atom is -0.352 e. The van der Waals surface area contributed by atoms with Crippen molar-refractivity contribution in [3.8, 4) is 0 Å². The van der Waals surface area contributed by atoms with Crippen molar-refractivity contribution in [2.24, 2.45) is 5.41 Å². The summed E-state index contributed by atoms with van der Waals surface area (Å²) in [5.74, 6) is 0.0356. The first kappa shape index (κ1) is 16.2. The van der Waals surface area contributed by atoms with Crippen molar-refractivity contribution < 1.29 is 4.79 Å². The van der Waals surface area contributed by atoms with Gasteiger partial charge in [-0.25, -0.2) is 0 Å². The second-order valence-corrected chi connectivity index (χ2v) is 5.88. The number of amides is 1. The van der Waals surface area contributed by atoms with Crippen LogP contribution in [0.4, 0.5) is 0 Å². The molecule has 0 rings (SSSR count). The summed E-state index contributed by atoms with van der Waals surface area (Å²) in [5, 5.41) is 2.91. The van der Waals surface area contributed by atoms with Crippen molar-refractivity contribution in [2.75, 3.05) is 6.54 Å². The van der Waals surface area contributed by atoms with Gasteiger partial charge >= 0.3 is 0 Å². The molecule has 0 heterocycles. The second-order valence-electron chi connectivity index (χ2n) is 5.88. The molecule has 0 saturated carbocycles. The van der Waals surface area contributed by atoms with E-state index in [4.69, 9.17) is 0 Å². The van der Waals surface area contributed by atoms with E-state index >= 15 is 0 Å². The Morgan fingerprint density at radius 3 is 2.35 bits per heavy atom. The number of hydrogen-bond donors (Lipinski definition) is 1. The molecule has 0 aromatic heterocycles. The molecule has 0 fully saturated rings. The van der Waals surface area contributed by atoms with Gasteiger partial charge in [0.05, 0.1) is 0 Å². The maximum atomic E-state index is 11.4. The van der Waals surface area contributed by atoms with Crippen LogP contribution in [0.25, 0.3) is 0 Å². The van der Waals surface area contributed by atoms with Crippen LogP contribution in [-0.2, 0) is 4.79 Å². The number of allylic oxidation sites excluding steroid dienone is 1. The zero-order valence-corrected chi connectivity index (χ0v) is 12.0. The molecule has 17 heavy (non-hydrogen) atoms. The van der Waals surface area contributed by atoms with E-state index < -0.39 is 0 Å². The van der Waals surface area contributed by atoms with E-state index in [1.54, 1.807) is 6.08 Å². The lowest BCUT2D eigenvalue weighted by molar-refractivity contribution is -0.116. The van der Waals surface area contributed by atoms with Crippen molar-refractivity contribution in [1.82, 2.24) is 5.32 Å². The summed E-state index contributed by atoms with van der Waals surface area (Å²) < 4.78 is 0. The lowest BCUT2D eigenvalue weighted by Crippen LogP contribution is -2.30. The number of unbranched alkanes of at least 4 members (excludes halogenated alkanes) is 5. The smallest absolute Gasteiger partial charge is 0.243 e. The van der Waals surface area contributed by atoms with Gasteiger partial charge in [-0.2, -0.15) is 0 Å². The summed E-state index contributed by atoms with van der Waals surface area (Å²) in [6.45, 7) is 9.30. The molecular weight excluding hydrogens is 210 g/mol. The number of hydrogen-bond acceptors (Lipinski definition) is 1. The lowest BCUT2D eigenvalue weighted by Gasteiger charge is -2.17. The standard InChI is InChI=1S/C15H29NO/c1-5-6-7-8-9-10-11-12-14(17)16-13-15(2,3)4/h11-12H,5-10,13H2,1-4H3,(H,16,17)/b12-11+. The molecule has 0 aromatic carbocycles. The Morgan fingerprint density at radius 1 is 1.12 bits per heavy atom. The highest BCUT2D eigenvalue weighted by atomic mass is 16.1. The van der Waals surface area contributed by atoms with E-state index in [1.807, 2.05) is 6.08 Å². The van der Waals surface area contributed by atoms with Crippen LogP contribution in [0.1, 0.15) is 66.2 Å². The minimum atomic E-state index is 0.0356. The van der Waals surface area contributed by atoms with Gasteiger partial charge in [-0.05, 0) is 24.3 Å². The third kappa shape index (κ3) is 13.1. The summed E-state index contributed by atoms with van der Waals surface area (Å²) in [5.41, 5.74) is 0.156. The van der Waals surface area contributed by atoms with Crippen LogP contribution in [0, 0.1) is 5.41 Å². The normalized spacial score (nSPS) is 12.0. The van der Waals surface area contributed by atoms with E-state index in [0.29, 0.717) is 0 Å². The van der Waals surface area contributed by atoms with Crippen molar-refractivity contribution >= 4 is 5.91 Å². The molecule has 0 aromatic rings. The summed E-state index contributed by atoms with van der Waals surface area (Å²) in [6, 6.07) is 0. The molecule has 100 valence electrons. The monoisotopic (exact) mass is 239 g/mol. The third-order valence-electron chi connectivity index (χ3n) is 2.54. The van der Waals surface area contributed by atoms with Gasteiger partial charge in [0.1, 0.15) is 0 Å². The highest BCUT2D eigenvalue weighted by molar-refractivity contribution is 5.87. The van der Waals surface area contributed by atoms with E-state index in [-0.39, 0.29) is 11.3 Å². The predicted octanol–water partition coefficient (Wildman–Crippen LogP) is 4.07. The van der Waals surface area contributed by atoms with Crippen LogP contribution in [0.5, 0.6) is 0 Å². The molecule has 0 saturated heterocycles. The average molecular weight is 239 g/mol. The molecule has 2 heteroatoms. The van der Waals surface area contributed by atoms with Gasteiger partial charge in [0.15, 0.2) is 0 Å². The van der Waals surface area contributed by atoms with Gasteiger partial charge in [0.2, 0.25) is 5.91 Å². The molecule has 2 nitrogen and oxygen atoms in total. The lowest BCUT2D eigenvalue weighted by atomic mass is 9.97. The topological polar surface area (TPSA) is 29.1 Å². The van der Waals surface area contributed by atoms with Crippen LogP contribution in [0.15, 0.2) is 12.2 Å². The Kier molecular flexibility index (Phi) is 8.83. The average Bonchev–Trinajstić information content (AvgIpc) is 2.24. The molecule has 0 aliphatic rings. The molecule has 1 amide bonds. The van der Waals surface area contributed by atoms with E-state index in [0.717, 1.165) is 13.0 Å². The third-order valence-corrected chi connectivity index (χ3v) is 2.54. The molecule has 1 N–H and O–H groups in total. The molecule has 0 atom stereocenters. The Hall–Kier alpha value is -0.790. The molecule has 0 aliphatic heterocycles. The van der Waals surface area contributed by atoms with E-state index in [9.17, 15) is 4.79 Å². The van der Waals surface area contributed by atoms with Crippen molar-refractivity contribution in [3.63, 3.8) is 0 Å². The van der Waals surface area contributed by atoms with E-state index in [2.05, 4.69) is 33.0 Å². The Labute approximate surface area is 107 Å². The van der Waals surface area contributed by atoms with Crippen molar-refractivity contribution in [2.45, 2.75) is 66.2 Å². The van der Waals surface area contributed by atoms with Gasteiger partial charge in [0.25, 0.3) is 0 Å². The zero-order valence-electron chi connectivity index (χ0n) is 12.0. The summed E-state index contributed by atoms with van der Waals surface area (Å²) in [6.07, 6.45) is 11.1. The zero-order chi connectivity index (χ0) is 13.1. The first-order valence-electron chi connectivity index (χ1n) is 6.90. The molecule has 0 bridgehead atoms. The van der Waals surface area contributed by atoms with Crippen LogP contribution in [-0.4, -0.2) is 12.5 Å². The van der Waals surface area contributed by atoms with Crippen molar-refractivity contribution in [3.05, 3.63) is 12.2 Å². The van der Waals surface area contributed by atoms with Gasteiger partial charge in [-0.1, -0.05) is 59.5 Å². The fourth-order valence-electron chi connectivity index (χ4n) is 1.47. The fourth-order valence-corrected chi connectivity index (χ4v) is 1.47. The number of rotatable bonds is 8. The molecule has 0 radical (unpaired) electrons. The molecule has 0 spiro atoms. The molecular formula is C15H29NO. The van der Waals surface area contributed by atoms with Crippen LogP contribution in [0.2, 0.25) is 0 Å². The van der Waals surface area contributed by atoms with Gasteiger partial charge in [0, 0.05) is 6.54 Å². The number of nitrogens with one attached hydrogen (secondary N) is 1. The summed E-state index contributed by atoms with van der Waals surface area (Å²) in [4.78, 5) is 11.4. The molecule has 0 aliphatic carbocycles. The quantitative estimate of drug-likeness (QED) is 0.502. The van der Waals surface area contributed by atoms with Gasteiger partial charge in [-0.15, -0.1) is 0 Å². The van der Waals surface area contributed by atoms with Crippen LogP contribution < -0.4 is 5.32 Å². The van der Waals surface area contributed by atoms with E-state index in [1.165, 1.54) is 32.1 Å². The molecule has 0 unspecified atom stereocenters. The number of carbonyl (C=O) groups is 1. The summed E-state index contributed by atoms with van der Waals surface area (Å²) in [7, 11) is 0. The van der Waals surface area contributed by atoms with Crippen LogP contribution >= 0.6 is 0 Å². The highest BCUT2D eigenvalue weighted by Crippen LogP contribution is 2.10. The predicted molar refractivity (Wildman–Crippen MR) is 75.0 cm³/mol. The minimum absolute atomic E-state index is 0.0356. The Balaban J connectivity index is 3.47. The Bertz CT molecular complexity index is 226. The van der Waals surface area contributed by atoms with Gasteiger partial charge < -0.3 is 5.32 Å². The highest BCUT2D eigenvalue weighted by Gasteiger charge is 2.10.